The molecule has 0 saturated heterocycles. The number of ether oxygens (including phenoxy) is 1. The molecule has 3 nitrogen and oxygen atoms in total. The summed E-state index contributed by atoms with van der Waals surface area (Å²) < 4.78 is 4.87. The van der Waals surface area contributed by atoms with Crippen molar-refractivity contribution in [2.24, 2.45) is 11.3 Å². The molecule has 0 amide bonds. The second-order valence-electron chi connectivity index (χ2n) is 6.37. The highest BCUT2D eigenvalue weighted by atomic mass is 16.5. The van der Waals surface area contributed by atoms with Gasteiger partial charge in [0.1, 0.15) is 6.04 Å². The Labute approximate surface area is 105 Å². The third-order valence-corrected chi connectivity index (χ3v) is 3.74. The Bertz CT molecular complexity index is 261. The number of carbonyl (C=O) groups excluding carboxylic acids is 1. The maximum Gasteiger partial charge on any atom is 0.323 e. The molecule has 2 unspecified atom stereocenters. The Hall–Kier alpha value is -0.570. The lowest BCUT2D eigenvalue weighted by Crippen LogP contribution is -2.49. The number of rotatable bonds is 4. The van der Waals surface area contributed by atoms with E-state index in [9.17, 15) is 4.79 Å². The van der Waals surface area contributed by atoms with Crippen molar-refractivity contribution in [3.8, 4) is 0 Å². The summed E-state index contributed by atoms with van der Waals surface area (Å²) in [7, 11) is 1.46. The summed E-state index contributed by atoms with van der Waals surface area (Å²) >= 11 is 0. The standard InChI is InChI=1S/C14H27NO2/c1-10(2)12(13(16)17-5)15-11-7-6-8-14(3,4)9-11/h10-12,15H,6-9H2,1-5H3. The molecule has 100 valence electrons. The van der Waals surface area contributed by atoms with Crippen molar-refractivity contribution in [3.05, 3.63) is 0 Å². The Morgan fingerprint density at radius 3 is 2.53 bits per heavy atom. The van der Waals surface area contributed by atoms with E-state index in [1.165, 1.54) is 26.4 Å². The van der Waals surface area contributed by atoms with Crippen LogP contribution in [-0.2, 0) is 9.53 Å². The third-order valence-electron chi connectivity index (χ3n) is 3.74. The zero-order valence-corrected chi connectivity index (χ0v) is 11.9. The normalized spacial score (nSPS) is 25.6. The summed E-state index contributed by atoms with van der Waals surface area (Å²) in [6, 6.07) is 0.282. The van der Waals surface area contributed by atoms with Crippen LogP contribution in [0.15, 0.2) is 0 Å². The summed E-state index contributed by atoms with van der Waals surface area (Å²) in [6.45, 7) is 8.73. The zero-order valence-electron chi connectivity index (χ0n) is 11.9. The molecule has 0 aliphatic heterocycles. The molecule has 0 spiro atoms. The van der Waals surface area contributed by atoms with Crippen LogP contribution in [0.25, 0.3) is 0 Å². The lowest BCUT2D eigenvalue weighted by atomic mass is 9.75. The van der Waals surface area contributed by atoms with Crippen LogP contribution < -0.4 is 5.32 Å². The number of esters is 1. The first-order chi connectivity index (χ1) is 7.85. The van der Waals surface area contributed by atoms with Gasteiger partial charge in [0.05, 0.1) is 7.11 Å². The SMILES string of the molecule is COC(=O)C(NC1CCCC(C)(C)C1)C(C)C. The maximum atomic E-state index is 11.7. The van der Waals surface area contributed by atoms with Crippen molar-refractivity contribution in [2.45, 2.75) is 65.5 Å². The van der Waals surface area contributed by atoms with E-state index in [0.717, 1.165) is 6.42 Å². The molecule has 0 aromatic carbocycles. The monoisotopic (exact) mass is 241 g/mol. The van der Waals surface area contributed by atoms with Gasteiger partial charge in [-0.1, -0.05) is 34.1 Å². The average Bonchev–Trinajstić information content (AvgIpc) is 2.23. The van der Waals surface area contributed by atoms with E-state index in [0.29, 0.717) is 11.5 Å². The number of carbonyl (C=O) groups is 1. The molecule has 1 rings (SSSR count). The van der Waals surface area contributed by atoms with E-state index in [-0.39, 0.29) is 17.9 Å². The lowest BCUT2D eigenvalue weighted by molar-refractivity contribution is -0.144. The van der Waals surface area contributed by atoms with Crippen molar-refractivity contribution in [2.75, 3.05) is 7.11 Å². The van der Waals surface area contributed by atoms with Gasteiger partial charge in [-0.3, -0.25) is 4.79 Å². The molecule has 0 aromatic heterocycles. The first-order valence-electron chi connectivity index (χ1n) is 6.69. The molecule has 1 fully saturated rings. The molecule has 2 atom stereocenters. The van der Waals surface area contributed by atoms with Gasteiger partial charge in [-0.15, -0.1) is 0 Å². The van der Waals surface area contributed by atoms with Gasteiger partial charge in [-0.2, -0.15) is 0 Å². The van der Waals surface area contributed by atoms with Crippen LogP contribution in [0.2, 0.25) is 0 Å². The number of hydrogen-bond donors (Lipinski definition) is 1. The van der Waals surface area contributed by atoms with E-state index in [1.807, 2.05) is 0 Å². The largest absolute Gasteiger partial charge is 0.468 e. The molecular formula is C14H27NO2. The summed E-state index contributed by atoms with van der Waals surface area (Å²) in [6.07, 6.45) is 4.85. The highest BCUT2D eigenvalue weighted by molar-refractivity contribution is 5.75. The minimum atomic E-state index is -0.168. The van der Waals surface area contributed by atoms with E-state index in [1.54, 1.807) is 0 Å². The Morgan fingerprint density at radius 2 is 2.06 bits per heavy atom. The Morgan fingerprint density at radius 1 is 1.41 bits per heavy atom. The first-order valence-corrected chi connectivity index (χ1v) is 6.69. The number of methoxy groups -OCH3 is 1. The van der Waals surface area contributed by atoms with Crippen molar-refractivity contribution >= 4 is 5.97 Å². The Balaban J connectivity index is 2.58. The molecule has 3 heteroatoms. The molecular weight excluding hydrogens is 214 g/mol. The van der Waals surface area contributed by atoms with Gasteiger partial charge >= 0.3 is 5.97 Å². The van der Waals surface area contributed by atoms with Crippen LogP contribution in [0.4, 0.5) is 0 Å². The predicted molar refractivity (Wildman–Crippen MR) is 69.8 cm³/mol. The van der Waals surface area contributed by atoms with Crippen molar-refractivity contribution in [3.63, 3.8) is 0 Å². The van der Waals surface area contributed by atoms with Crippen LogP contribution in [0.1, 0.15) is 53.4 Å². The highest BCUT2D eigenvalue weighted by Gasteiger charge is 2.32. The summed E-state index contributed by atoms with van der Waals surface area (Å²) in [5, 5.41) is 3.49. The molecule has 0 heterocycles. The van der Waals surface area contributed by atoms with Gasteiger partial charge in [0.2, 0.25) is 0 Å². The van der Waals surface area contributed by atoms with Crippen LogP contribution in [0.5, 0.6) is 0 Å². The second kappa shape index (κ2) is 5.85. The van der Waals surface area contributed by atoms with E-state index in [4.69, 9.17) is 4.74 Å². The maximum absolute atomic E-state index is 11.7. The lowest BCUT2D eigenvalue weighted by Gasteiger charge is -2.37. The fourth-order valence-electron chi connectivity index (χ4n) is 2.75. The summed E-state index contributed by atoms with van der Waals surface area (Å²) in [5.74, 6) is 0.135. The van der Waals surface area contributed by atoms with Crippen molar-refractivity contribution < 1.29 is 9.53 Å². The van der Waals surface area contributed by atoms with Gasteiger partial charge in [0, 0.05) is 6.04 Å². The fourth-order valence-corrected chi connectivity index (χ4v) is 2.75. The molecule has 1 saturated carbocycles. The van der Waals surface area contributed by atoms with Crippen molar-refractivity contribution in [1.82, 2.24) is 5.32 Å². The Kier molecular flexibility index (Phi) is 4.99. The molecule has 1 N–H and O–H groups in total. The summed E-state index contributed by atoms with van der Waals surface area (Å²) in [5.41, 5.74) is 0.396. The van der Waals surface area contributed by atoms with Crippen LogP contribution in [0.3, 0.4) is 0 Å². The zero-order chi connectivity index (χ0) is 13.1. The van der Waals surface area contributed by atoms with Gasteiger partial charge in [0.15, 0.2) is 0 Å². The molecule has 0 radical (unpaired) electrons. The van der Waals surface area contributed by atoms with Gasteiger partial charge in [-0.25, -0.2) is 0 Å². The first kappa shape index (κ1) is 14.5. The minimum absolute atomic E-state index is 0.136. The van der Waals surface area contributed by atoms with Crippen LogP contribution in [-0.4, -0.2) is 25.2 Å². The number of nitrogens with one attached hydrogen (secondary N) is 1. The van der Waals surface area contributed by atoms with Crippen LogP contribution in [0, 0.1) is 11.3 Å². The molecule has 0 aromatic rings. The fraction of sp³-hybridized carbons (Fsp3) is 0.929. The smallest absolute Gasteiger partial charge is 0.323 e. The molecule has 1 aliphatic carbocycles. The van der Waals surface area contributed by atoms with Gasteiger partial charge < -0.3 is 10.1 Å². The van der Waals surface area contributed by atoms with E-state index in [2.05, 4.69) is 33.0 Å². The van der Waals surface area contributed by atoms with Gasteiger partial charge in [-0.05, 0) is 30.6 Å². The third kappa shape index (κ3) is 4.30. The molecule has 1 aliphatic rings. The quantitative estimate of drug-likeness (QED) is 0.769. The topological polar surface area (TPSA) is 38.3 Å². The molecule has 0 bridgehead atoms. The van der Waals surface area contributed by atoms with Gasteiger partial charge in [0.25, 0.3) is 0 Å². The van der Waals surface area contributed by atoms with Crippen molar-refractivity contribution in [1.29, 1.82) is 0 Å². The second-order valence-corrected chi connectivity index (χ2v) is 6.37. The number of hydrogen-bond acceptors (Lipinski definition) is 3. The highest BCUT2D eigenvalue weighted by Crippen LogP contribution is 2.35. The average molecular weight is 241 g/mol. The van der Waals surface area contributed by atoms with E-state index >= 15 is 0 Å². The predicted octanol–water partition coefficient (Wildman–Crippen LogP) is 2.74. The molecule has 17 heavy (non-hydrogen) atoms. The minimum Gasteiger partial charge on any atom is -0.468 e. The van der Waals surface area contributed by atoms with E-state index < -0.39 is 0 Å². The van der Waals surface area contributed by atoms with Crippen LogP contribution >= 0.6 is 0 Å². The summed E-state index contributed by atoms with van der Waals surface area (Å²) in [4.78, 5) is 11.7.